The zero-order valence-corrected chi connectivity index (χ0v) is 14.4. The van der Waals surface area contributed by atoms with E-state index in [1.54, 1.807) is 16.2 Å². The number of carbonyl (C=O) groups excluding carboxylic acids is 1. The van der Waals surface area contributed by atoms with Gasteiger partial charge in [-0.25, -0.2) is 4.98 Å². The molecule has 0 aliphatic carbocycles. The summed E-state index contributed by atoms with van der Waals surface area (Å²) in [7, 11) is 0. The van der Waals surface area contributed by atoms with Gasteiger partial charge in [-0.3, -0.25) is 4.79 Å². The minimum Gasteiger partial charge on any atom is -0.405 e. The fourth-order valence-electron chi connectivity index (χ4n) is 2.92. The number of rotatable bonds is 3. The molecule has 134 valence electrons. The van der Waals surface area contributed by atoms with Crippen molar-refractivity contribution >= 4 is 17.2 Å². The predicted molar refractivity (Wildman–Crippen MR) is 87.9 cm³/mol. The van der Waals surface area contributed by atoms with Crippen molar-refractivity contribution in [3.8, 4) is 5.75 Å². The van der Waals surface area contributed by atoms with Gasteiger partial charge in [0, 0.05) is 30.1 Å². The van der Waals surface area contributed by atoms with Crippen molar-refractivity contribution in [2.45, 2.75) is 32.0 Å². The summed E-state index contributed by atoms with van der Waals surface area (Å²) in [6.45, 7) is 2.97. The number of hydrogen-bond acceptors (Lipinski definition) is 4. The number of hydrogen-bond donors (Lipinski definition) is 0. The molecule has 1 aliphatic heterocycles. The number of aryl methyl sites for hydroxylation is 1. The molecule has 2 aromatic rings. The van der Waals surface area contributed by atoms with E-state index in [2.05, 4.69) is 9.72 Å². The summed E-state index contributed by atoms with van der Waals surface area (Å²) < 4.78 is 41.5. The Kier molecular flexibility index (Phi) is 4.99. The molecule has 2 heterocycles. The molecule has 4 nitrogen and oxygen atoms in total. The number of carbonyl (C=O) groups is 1. The van der Waals surface area contributed by atoms with E-state index < -0.39 is 18.0 Å². The van der Waals surface area contributed by atoms with Gasteiger partial charge in [-0.2, -0.15) is 0 Å². The van der Waals surface area contributed by atoms with Gasteiger partial charge in [0.05, 0.1) is 10.6 Å². The Morgan fingerprint density at radius 2 is 1.96 bits per heavy atom. The lowest BCUT2D eigenvalue weighted by Crippen LogP contribution is -2.38. The van der Waals surface area contributed by atoms with Crippen molar-refractivity contribution in [3.05, 3.63) is 45.9 Å². The Bertz CT molecular complexity index is 752. The number of likely N-dealkylation sites (tertiary alicyclic amines) is 1. The summed E-state index contributed by atoms with van der Waals surface area (Å²) >= 11 is 1.65. The van der Waals surface area contributed by atoms with Crippen LogP contribution in [0.5, 0.6) is 5.75 Å². The number of ether oxygens (including phenoxy) is 1. The molecule has 25 heavy (non-hydrogen) atoms. The quantitative estimate of drug-likeness (QED) is 0.806. The first-order valence-corrected chi connectivity index (χ1v) is 8.71. The van der Waals surface area contributed by atoms with Gasteiger partial charge in [-0.1, -0.05) is 12.1 Å². The number of para-hydroxylation sites is 1. The third-order valence-electron chi connectivity index (χ3n) is 4.11. The van der Waals surface area contributed by atoms with Crippen LogP contribution in [0.3, 0.4) is 0 Å². The van der Waals surface area contributed by atoms with Crippen molar-refractivity contribution in [2.75, 3.05) is 13.1 Å². The third kappa shape index (κ3) is 4.31. The number of amides is 1. The molecule has 0 unspecified atom stereocenters. The fraction of sp³-hybridized carbons (Fsp3) is 0.412. The van der Waals surface area contributed by atoms with Crippen LogP contribution < -0.4 is 4.74 Å². The van der Waals surface area contributed by atoms with Gasteiger partial charge in [-0.05, 0) is 31.9 Å². The van der Waals surface area contributed by atoms with Gasteiger partial charge in [0.25, 0.3) is 5.91 Å². The zero-order valence-electron chi connectivity index (χ0n) is 13.5. The van der Waals surface area contributed by atoms with Crippen LogP contribution in [0.15, 0.2) is 30.5 Å². The van der Waals surface area contributed by atoms with Crippen molar-refractivity contribution in [2.24, 2.45) is 0 Å². The molecular weight excluding hydrogens is 353 g/mol. The molecule has 0 bridgehead atoms. The summed E-state index contributed by atoms with van der Waals surface area (Å²) in [5.74, 6) is -0.601. The highest BCUT2D eigenvalue weighted by atomic mass is 32.1. The number of benzene rings is 1. The van der Waals surface area contributed by atoms with E-state index in [-0.39, 0.29) is 5.56 Å². The predicted octanol–water partition coefficient (Wildman–Crippen LogP) is 4.37. The molecular formula is C17H17F3N2O2S. The maximum absolute atomic E-state index is 12.6. The van der Waals surface area contributed by atoms with Crippen LogP contribution >= 0.6 is 11.3 Å². The Morgan fingerprint density at radius 3 is 2.56 bits per heavy atom. The van der Waals surface area contributed by atoms with Gasteiger partial charge in [0.2, 0.25) is 0 Å². The molecule has 0 N–H and O–H groups in total. The lowest BCUT2D eigenvalue weighted by Gasteiger charge is -2.31. The molecule has 1 aromatic carbocycles. The van der Waals surface area contributed by atoms with Crippen LogP contribution in [-0.2, 0) is 0 Å². The average Bonchev–Trinajstić information content (AvgIpc) is 3.00. The van der Waals surface area contributed by atoms with Gasteiger partial charge in [-0.15, -0.1) is 24.5 Å². The number of thiazole rings is 1. The summed E-state index contributed by atoms with van der Waals surface area (Å²) in [6.07, 6.45) is -1.49. The largest absolute Gasteiger partial charge is 0.573 e. The molecule has 0 atom stereocenters. The van der Waals surface area contributed by atoms with E-state index in [0.29, 0.717) is 19.0 Å². The standard InChI is InChI=1S/C17H17F3N2O2S/c1-11-10-21-15(25-11)12-6-8-22(9-7-12)16(23)13-4-2-3-5-14(13)24-17(18,19)20/h2-5,10,12H,6-9H2,1H3. The highest BCUT2D eigenvalue weighted by Crippen LogP contribution is 2.32. The smallest absolute Gasteiger partial charge is 0.405 e. The second-order valence-corrected chi connectivity index (χ2v) is 7.19. The van der Waals surface area contributed by atoms with Gasteiger partial charge >= 0.3 is 6.36 Å². The normalized spacial score (nSPS) is 16.1. The van der Waals surface area contributed by atoms with Gasteiger partial charge in [0.15, 0.2) is 0 Å². The number of halogens is 3. The maximum atomic E-state index is 12.6. The topological polar surface area (TPSA) is 42.4 Å². The number of piperidine rings is 1. The van der Waals surface area contributed by atoms with Crippen molar-refractivity contribution in [1.29, 1.82) is 0 Å². The van der Waals surface area contributed by atoms with Crippen LogP contribution in [0.4, 0.5) is 13.2 Å². The monoisotopic (exact) mass is 370 g/mol. The lowest BCUT2D eigenvalue weighted by atomic mass is 9.97. The first-order valence-electron chi connectivity index (χ1n) is 7.90. The second kappa shape index (κ2) is 7.03. The number of nitrogens with zero attached hydrogens (tertiary/aromatic N) is 2. The van der Waals surface area contributed by atoms with E-state index in [1.807, 2.05) is 13.1 Å². The molecule has 0 saturated carbocycles. The summed E-state index contributed by atoms with van der Waals surface area (Å²) in [5.41, 5.74) is -0.0663. The molecule has 0 radical (unpaired) electrons. The van der Waals surface area contributed by atoms with E-state index in [0.717, 1.165) is 28.8 Å². The van der Waals surface area contributed by atoms with Crippen LogP contribution in [0.2, 0.25) is 0 Å². The van der Waals surface area contributed by atoms with Crippen LogP contribution in [0, 0.1) is 6.92 Å². The third-order valence-corrected chi connectivity index (χ3v) is 5.19. The Balaban J connectivity index is 1.69. The molecule has 1 aromatic heterocycles. The number of alkyl halides is 3. The summed E-state index contributed by atoms with van der Waals surface area (Å²) in [4.78, 5) is 19.7. The second-order valence-electron chi connectivity index (χ2n) is 5.92. The summed E-state index contributed by atoms with van der Waals surface area (Å²) in [5, 5.41) is 1.06. The van der Waals surface area contributed by atoms with E-state index in [9.17, 15) is 18.0 Å². The lowest BCUT2D eigenvalue weighted by molar-refractivity contribution is -0.274. The summed E-state index contributed by atoms with van der Waals surface area (Å²) in [6, 6.07) is 5.46. The van der Waals surface area contributed by atoms with E-state index >= 15 is 0 Å². The SMILES string of the molecule is Cc1cnc(C2CCN(C(=O)c3ccccc3OC(F)(F)F)CC2)s1. The van der Waals surface area contributed by atoms with Crippen LogP contribution in [0.25, 0.3) is 0 Å². The van der Waals surface area contributed by atoms with E-state index in [4.69, 9.17) is 0 Å². The minimum atomic E-state index is -4.83. The Labute approximate surface area is 147 Å². The molecule has 1 saturated heterocycles. The first kappa shape index (κ1) is 17.7. The van der Waals surface area contributed by atoms with Gasteiger partial charge < -0.3 is 9.64 Å². The Hall–Kier alpha value is -2.09. The maximum Gasteiger partial charge on any atom is 0.573 e. The highest BCUT2D eigenvalue weighted by Gasteiger charge is 2.34. The molecule has 1 fully saturated rings. The van der Waals surface area contributed by atoms with Crippen LogP contribution in [-0.4, -0.2) is 35.2 Å². The molecule has 3 rings (SSSR count). The van der Waals surface area contributed by atoms with Gasteiger partial charge in [0.1, 0.15) is 5.75 Å². The molecule has 8 heteroatoms. The molecule has 0 spiro atoms. The molecule has 1 aliphatic rings. The average molecular weight is 370 g/mol. The minimum absolute atomic E-state index is 0.0663. The van der Waals surface area contributed by atoms with Crippen LogP contribution in [0.1, 0.15) is 39.0 Å². The van der Waals surface area contributed by atoms with Crippen molar-refractivity contribution in [3.63, 3.8) is 0 Å². The number of aromatic nitrogens is 1. The first-order chi connectivity index (χ1) is 11.8. The Morgan fingerprint density at radius 1 is 1.28 bits per heavy atom. The highest BCUT2D eigenvalue weighted by molar-refractivity contribution is 7.11. The van der Waals surface area contributed by atoms with Crippen molar-refractivity contribution < 1.29 is 22.7 Å². The van der Waals surface area contributed by atoms with Crippen molar-refractivity contribution in [1.82, 2.24) is 9.88 Å². The fourth-order valence-corrected chi connectivity index (χ4v) is 3.86. The zero-order chi connectivity index (χ0) is 18.0. The van der Waals surface area contributed by atoms with E-state index in [1.165, 1.54) is 18.2 Å². The molecule has 1 amide bonds.